The fourth-order valence-electron chi connectivity index (χ4n) is 2.10. The summed E-state index contributed by atoms with van der Waals surface area (Å²) in [5, 5.41) is 14.4. The van der Waals surface area contributed by atoms with Crippen molar-refractivity contribution in [3.05, 3.63) is 63.1 Å². The summed E-state index contributed by atoms with van der Waals surface area (Å²) in [6.45, 7) is 2.95. The highest BCUT2D eigenvalue weighted by Gasteiger charge is 2.16. The number of benzene rings is 1. The lowest BCUT2D eigenvalue weighted by atomic mass is 10.0. The van der Waals surface area contributed by atoms with Crippen molar-refractivity contribution in [1.82, 2.24) is 5.32 Å². The van der Waals surface area contributed by atoms with Gasteiger partial charge in [-0.2, -0.15) is 0 Å². The first-order valence-corrected chi connectivity index (χ1v) is 7.20. The predicted molar refractivity (Wildman–Crippen MR) is 81.6 cm³/mol. The number of hydrogen-bond donors (Lipinski definition) is 1. The molecule has 0 bridgehead atoms. The van der Waals surface area contributed by atoms with Gasteiger partial charge in [0.05, 0.1) is 11.0 Å². The zero-order chi connectivity index (χ0) is 15.2. The molecule has 0 spiro atoms. The van der Waals surface area contributed by atoms with Crippen molar-refractivity contribution in [3.63, 3.8) is 0 Å². The van der Waals surface area contributed by atoms with Crippen LogP contribution in [0.5, 0.6) is 0 Å². The van der Waals surface area contributed by atoms with E-state index in [1.165, 1.54) is 12.1 Å². The highest BCUT2D eigenvalue weighted by molar-refractivity contribution is 6.28. The fourth-order valence-corrected chi connectivity index (χ4v) is 2.25. The number of nitrogens with zero attached hydrogens (tertiary/aromatic N) is 1. The molecule has 0 aliphatic carbocycles. The van der Waals surface area contributed by atoms with Crippen LogP contribution in [0.15, 0.2) is 40.8 Å². The van der Waals surface area contributed by atoms with Crippen molar-refractivity contribution >= 4 is 17.3 Å². The maximum absolute atomic E-state index is 10.7. The summed E-state index contributed by atoms with van der Waals surface area (Å²) >= 11 is 5.83. The SMILES string of the molecule is CCCNC(Cc1ccc([N+](=O)[O-])cc1)c1ccc(Cl)o1. The lowest BCUT2D eigenvalue weighted by Crippen LogP contribution is -2.23. The van der Waals surface area contributed by atoms with Gasteiger partial charge in [0.1, 0.15) is 5.76 Å². The Balaban J connectivity index is 2.12. The molecule has 1 N–H and O–H groups in total. The largest absolute Gasteiger partial charge is 0.448 e. The third-order valence-corrected chi connectivity index (χ3v) is 3.37. The molecule has 0 radical (unpaired) electrons. The Morgan fingerprint density at radius 1 is 1.29 bits per heavy atom. The molecule has 112 valence electrons. The van der Waals surface area contributed by atoms with Gasteiger partial charge in [-0.15, -0.1) is 0 Å². The van der Waals surface area contributed by atoms with Gasteiger partial charge in [0.2, 0.25) is 0 Å². The summed E-state index contributed by atoms with van der Waals surface area (Å²) in [5.74, 6) is 0.770. The maximum Gasteiger partial charge on any atom is 0.269 e. The molecule has 1 heterocycles. The first-order chi connectivity index (χ1) is 10.1. The Kier molecular flexibility index (Phi) is 5.36. The lowest BCUT2D eigenvalue weighted by Gasteiger charge is -2.16. The zero-order valence-electron chi connectivity index (χ0n) is 11.7. The number of nitro benzene ring substituents is 1. The third kappa shape index (κ3) is 4.31. The minimum Gasteiger partial charge on any atom is -0.448 e. The van der Waals surface area contributed by atoms with Crippen LogP contribution in [0.4, 0.5) is 5.69 Å². The Morgan fingerprint density at radius 3 is 2.52 bits per heavy atom. The first-order valence-electron chi connectivity index (χ1n) is 6.82. The molecule has 0 saturated heterocycles. The van der Waals surface area contributed by atoms with Crippen molar-refractivity contribution in [2.75, 3.05) is 6.54 Å². The Hall–Kier alpha value is -1.85. The van der Waals surface area contributed by atoms with Crippen molar-refractivity contribution in [2.24, 2.45) is 0 Å². The van der Waals surface area contributed by atoms with E-state index in [2.05, 4.69) is 12.2 Å². The third-order valence-electron chi connectivity index (χ3n) is 3.17. The van der Waals surface area contributed by atoms with Gasteiger partial charge in [-0.3, -0.25) is 10.1 Å². The van der Waals surface area contributed by atoms with E-state index in [1.807, 2.05) is 6.07 Å². The molecule has 2 aromatic rings. The number of nitrogens with one attached hydrogen (secondary N) is 1. The molecule has 2 rings (SSSR count). The second-order valence-corrected chi connectivity index (χ2v) is 5.15. The van der Waals surface area contributed by atoms with Gasteiger partial charge < -0.3 is 9.73 Å². The average molecular weight is 309 g/mol. The molecule has 1 unspecified atom stereocenters. The number of furan rings is 1. The van der Waals surface area contributed by atoms with Crippen molar-refractivity contribution in [2.45, 2.75) is 25.8 Å². The predicted octanol–water partition coefficient (Wildman–Crippen LogP) is 4.12. The summed E-state index contributed by atoms with van der Waals surface area (Å²) in [6.07, 6.45) is 1.69. The molecule has 5 nitrogen and oxygen atoms in total. The van der Waals surface area contributed by atoms with E-state index in [4.69, 9.17) is 16.0 Å². The minimum atomic E-state index is -0.400. The summed E-state index contributed by atoms with van der Waals surface area (Å²) < 4.78 is 5.47. The molecule has 1 aromatic carbocycles. The maximum atomic E-state index is 10.7. The number of rotatable bonds is 7. The Labute approximate surface area is 128 Å². The van der Waals surface area contributed by atoms with E-state index in [0.29, 0.717) is 11.6 Å². The average Bonchev–Trinajstić information content (AvgIpc) is 2.90. The standard InChI is InChI=1S/C15H17ClN2O3/c1-2-9-17-13(14-7-8-15(16)21-14)10-11-3-5-12(6-4-11)18(19)20/h3-8,13,17H,2,9-10H2,1H3. The van der Waals surface area contributed by atoms with Gasteiger partial charge in [0.25, 0.3) is 5.69 Å². The molecule has 21 heavy (non-hydrogen) atoms. The monoisotopic (exact) mass is 308 g/mol. The van der Waals surface area contributed by atoms with Crippen molar-refractivity contribution in [3.8, 4) is 0 Å². The van der Waals surface area contributed by atoms with Crippen LogP contribution in [0.2, 0.25) is 5.22 Å². The molecule has 0 saturated carbocycles. The highest BCUT2D eigenvalue weighted by atomic mass is 35.5. The van der Waals surface area contributed by atoms with Crippen molar-refractivity contribution in [1.29, 1.82) is 0 Å². The minimum absolute atomic E-state index is 0.00101. The Morgan fingerprint density at radius 2 is 2.00 bits per heavy atom. The second kappa shape index (κ2) is 7.24. The van der Waals surface area contributed by atoms with E-state index in [-0.39, 0.29) is 11.7 Å². The molecule has 1 aromatic heterocycles. The molecule has 6 heteroatoms. The Bertz CT molecular complexity index is 595. The van der Waals surface area contributed by atoms with Gasteiger partial charge in [0.15, 0.2) is 5.22 Å². The second-order valence-electron chi connectivity index (χ2n) is 4.78. The number of nitro groups is 1. The summed E-state index contributed by atoms with van der Waals surface area (Å²) in [5.41, 5.74) is 1.10. The molecular weight excluding hydrogens is 292 g/mol. The van der Waals surface area contributed by atoms with Gasteiger partial charge in [0, 0.05) is 12.1 Å². The fraction of sp³-hybridized carbons (Fsp3) is 0.333. The molecule has 0 aliphatic rings. The van der Waals surface area contributed by atoms with E-state index < -0.39 is 4.92 Å². The summed E-state index contributed by atoms with van der Waals surface area (Å²) in [7, 11) is 0. The zero-order valence-corrected chi connectivity index (χ0v) is 12.5. The van der Waals surface area contributed by atoms with Crippen LogP contribution in [0.25, 0.3) is 0 Å². The van der Waals surface area contributed by atoms with E-state index in [9.17, 15) is 10.1 Å². The van der Waals surface area contributed by atoms with E-state index in [0.717, 1.165) is 24.3 Å². The topological polar surface area (TPSA) is 68.3 Å². The van der Waals surface area contributed by atoms with Gasteiger partial charge in [-0.1, -0.05) is 19.1 Å². The molecule has 1 atom stereocenters. The number of hydrogen-bond acceptors (Lipinski definition) is 4. The van der Waals surface area contributed by atoms with Crippen LogP contribution in [-0.2, 0) is 6.42 Å². The quantitative estimate of drug-likeness (QED) is 0.617. The molecule has 0 fully saturated rings. The molecule has 0 aliphatic heterocycles. The smallest absolute Gasteiger partial charge is 0.269 e. The van der Waals surface area contributed by atoms with Gasteiger partial charge in [-0.05, 0) is 48.7 Å². The first kappa shape index (κ1) is 15.5. The van der Waals surface area contributed by atoms with Gasteiger partial charge in [-0.25, -0.2) is 0 Å². The van der Waals surface area contributed by atoms with Crippen LogP contribution in [0.3, 0.4) is 0 Å². The number of halogens is 1. The number of non-ortho nitro benzene ring substituents is 1. The summed E-state index contributed by atoms with van der Waals surface area (Å²) in [4.78, 5) is 10.3. The van der Waals surface area contributed by atoms with Crippen LogP contribution in [0.1, 0.15) is 30.7 Å². The summed E-state index contributed by atoms with van der Waals surface area (Å²) in [6, 6.07) is 10.1. The highest BCUT2D eigenvalue weighted by Crippen LogP contribution is 2.24. The van der Waals surface area contributed by atoms with E-state index >= 15 is 0 Å². The van der Waals surface area contributed by atoms with Crippen LogP contribution >= 0.6 is 11.6 Å². The van der Waals surface area contributed by atoms with Crippen LogP contribution in [-0.4, -0.2) is 11.5 Å². The molecular formula is C15H17ClN2O3. The van der Waals surface area contributed by atoms with Crippen LogP contribution < -0.4 is 5.32 Å². The molecule has 0 amide bonds. The van der Waals surface area contributed by atoms with Crippen molar-refractivity contribution < 1.29 is 9.34 Å². The van der Waals surface area contributed by atoms with Crippen LogP contribution in [0, 0.1) is 10.1 Å². The normalized spacial score (nSPS) is 12.3. The van der Waals surface area contributed by atoms with E-state index in [1.54, 1.807) is 18.2 Å². The van der Waals surface area contributed by atoms with Gasteiger partial charge >= 0.3 is 0 Å². The lowest BCUT2D eigenvalue weighted by molar-refractivity contribution is -0.384.